The third kappa shape index (κ3) is 2.72. The van der Waals surface area contributed by atoms with Gasteiger partial charge in [0.25, 0.3) is 0 Å². The highest BCUT2D eigenvalue weighted by Crippen LogP contribution is 2.19. The number of likely N-dealkylation sites (N-methyl/N-ethyl adjacent to an activating group) is 1. The Morgan fingerprint density at radius 3 is 2.67 bits per heavy atom. The van der Waals surface area contributed by atoms with Gasteiger partial charge in [0.15, 0.2) is 0 Å². The van der Waals surface area contributed by atoms with Gasteiger partial charge in [0.1, 0.15) is 0 Å². The van der Waals surface area contributed by atoms with Crippen molar-refractivity contribution in [3.63, 3.8) is 0 Å². The summed E-state index contributed by atoms with van der Waals surface area (Å²) in [5.41, 5.74) is 0. The van der Waals surface area contributed by atoms with Crippen molar-refractivity contribution in [3.05, 3.63) is 0 Å². The van der Waals surface area contributed by atoms with E-state index in [2.05, 4.69) is 25.8 Å². The number of hydrogen-bond donors (Lipinski definition) is 0. The van der Waals surface area contributed by atoms with Crippen LogP contribution in [0, 0.1) is 0 Å². The fourth-order valence-electron chi connectivity index (χ4n) is 1.90. The van der Waals surface area contributed by atoms with E-state index in [9.17, 15) is 0 Å². The third-order valence-corrected chi connectivity index (χ3v) is 2.55. The van der Waals surface area contributed by atoms with Gasteiger partial charge in [-0.05, 0) is 40.3 Å². The lowest BCUT2D eigenvalue weighted by Gasteiger charge is -2.25. The first kappa shape index (κ1) is 11.8. The molecule has 1 aliphatic heterocycles. The van der Waals surface area contributed by atoms with Crippen molar-refractivity contribution in [1.82, 2.24) is 4.90 Å². The molecule has 0 spiro atoms. The molecule has 3 heteroatoms. The number of hydrogen-bond acceptors (Lipinski definition) is 2. The zero-order valence-corrected chi connectivity index (χ0v) is 8.25. The van der Waals surface area contributed by atoms with Crippen LogP contribution < -0.4 is 0 Å². The highest BCUT2D eigenvalue weighted by atomic mass is 19.0. The van der Waals surface area contributed by atoms with Gasteiger partial charge < -0.3 is 9.64 Å². The summed E-state index contributed by atoms with van der Waals surface area (Å²) in [4.78, 5) is 2.40. The average molecular weight is 177 g/mol. The molecule has 0 aromatic rings. The topological polar surface area (TPSA) is 12.5 Å². The van der Waals surface area contributed by atoms with Gasteiger partial charge in [-0.1, -0.05) is 0 Å². The van der Waals surface area contributed by atoms with Gasteiger partial charge in [-0.2, -0.15) is 0 Å². The Bertz CT molecular complexity index is 121. The second kappa shape index (κ2) is 5.49. The second-order valence-corrected chi connectivity index (χ2v) is 3.35. The van der Waals surface area contributed by atoms with Crippen LogP contribution in [0.3, 0.4) is 0 Å². The first-order valence-corrected chi connectivity index (χ1v) is 4.57. The Hall–Kier alpha value is -0.150. The van der Waals surface area contributed by atoms with Gasteiger partial charge in [-0.3, -0.25) is 4.70 Å². The monoisotopic (exact) mass is 177 g/mol. The van der Waals surface area contributed by atoms with Gasteiger partial charge in [0.05, 0.1) is 6.10 Å². The largest absolute Gasteiger partial charge is 0.377 e. The second-order valence-electron chi connectivity index (χ2n) is 3.35. The number of ether oxygens (including phenoxy) is 1. The van der Waals surface area contributed by atoms with E-state index < -0.39 is 0 Å². The summed E-state index contributed by atoms with van der Waals surface area (Å²) in [6.07, 6.45) is 3.04. The summed E-state index contributed by atoms with van der Waals surface area (Å²) >= 11 is 0. The molecule has 0 unspecified atom stereocenters. The van der Waals surface area contributed by atoms with Gasteiger partial charge in [0, 0.05) is 12.6 Å². The molecule has 1 fully saturated rings. The molecule has 1 heterocycles. The van der Waals surface area contributed by atoms with E-state index in [0.29, 0.717) is 12.1 Å². The first-order chi connectivity index (χ1) is 5.25. The normalized spacial score (nSPS) is 26.8. The predicted octanol–water partition coefficient (Wildman–Crippen LogP) is 1.66. The maximum Gasteiger partial charge on any atom is 0.0701 e. The SMILES string of the molecule is CCO[C@@H](C)[C@@H]1CCCN1C.F. The molecule has 2 nitrogen and oxygen atoms in total. The van der Waals surface area contributed by atoms with Crippen molar-refractivity contribution in [1.29, 1.82) is 0 Å². The number of halogens is 1. The summed E-state index contributed by atoms with van der Waals surface area (Å²) in [6.45, 7) is 6.31. The molecule has 1 saturated heterocycles. The first-order valence-electron chi connectivity index (χ1n) is 4.57. The molecule has 0 N–H and O–H groups in total. The Balaban J connectivity index is 0.00000121. The van der Waals surface area contributed by atoms with Crippen molar-refractivity contribution in [2.45, 2.75) is 38.8 Å². The van der Waals surface area contributed by atoms with Crippen molar-refractivity contribution < 1.29 is 9.44 Å². The van der Waals surface area contributed by atoms with E-state index in [-0.39, 0.29) is 4.70 Å². The lowest BCUT2D eigenvalue weighted by molar-refractivity contribution is 0.0236. The molecule has 0 radical (unpaired) electrons. The molecule has 2 atom stereocenters. The zero-order valence-electron chi connectivity index (χ0n) is 8.25. The summed E-state index contributed by atoms with van der Waals surface area (Å²) in [5, 5.41) is 0. The molecular weight excluding hydrogens is 157 g/mol. The predicted molar refractivity (Wildman–Crippen MR) is 49.2 cm³/mol. The molecule has 0 aromatic heterocycles. The molecule has 0 bridgehead atoms. The minimum absolute atomic E-state index is 0. The highest BCUT2D eigenvalue weighted by Gasteiger charge is 2.26. The maximum atomic E-state index is 5.55. The van der Waals surface area contributed by atoms with E-state index in [4.69, 9.17) is 4.74 Å². The fraction of sp³-hybridized carbons (Fsp3) is 1.00. The molecule has 1 aliphatic rings. The average Bonchev–Trinajstić information content (AvgIpc) is 2.36. The quantitative estimate of drug-likeness (QED) is 0.650. The minimum atomic E-state index is 0. The van der Waals surface area contributed by atoms with Crippen LogP contribution >= 0.6 is 0 Å². The van der Waals surface area contributed by atoms with Crippen molar-refractivity contribution in [2.75, 3.05) is 20.2 Å². The molecule has 0 aliphatic carbocycles. The van der Waals surface area contributed by atoms with E-state index in [1.807, 2.05) is 0 Å². The Morgan fingerprint density at radius 1 is 1.58 bits per heavy atom. The van der Waals surface area contributed by atoms with Crippen molar-refractivity contribution >= 4 is 0 Å². The van der Waals surface area contributed by atoms with E-state index in [1.54, 1.807) is 0 Å². The Kier molecular flexibility index (Phi) is 5.42. The molecule has 74 valence electrons. The van der Waals surface area contributed by atoms with Crippen LogP contribution in [0.15, 0.2) is 0 Å². The van der Waals surface area contributed by atoms with E-state index in [0.717, 1.165) is 6.61 Å². The molecular formula is C9H20FNO. The number of rotatable bonds is 3. The van der Waals surface area contributed by atoms with Crippen LogP contribution in [-0.2, 0) is 4.74 Å². The molecule has 1 rings (SSSR count). The van der Waals surface area contributed by atoms with Crippen LogP contribution in [0.4, 0.5) is 4.70 Å². The van der Waals surface area contributed by atoms with Crippen LogP contribution in [-0.4, -0.2) is 37.2 Å². The fourth-order valence-corrected chi connectivity index (χ4v) is 1.90. The zero-order chi connectivity index (χ0) is 8.27. The molecule has 12 heavy (non-hydrogen) atoms. The summed E-state index contributed by atoms with van der Waals surface area (Å²) < 4.78 is 5.55. The summed E-state index contributed by atoms with van der Waals surface area (Å²) in [6, 6.07) is 0.662. The van der Waals surface area contributed by atoms with Crippen LogP contribution in [0.1, 0.15) is 26.7 Å². The lowest BCUT2D eigenvalue weighted by Crippen LogP contribution is -2.36. The van der Waals surface area contributed by atoms with Crippen LogP contribution in [0.5, 0.6) is 0 Å². The van der Waals surface area contributed by atoms with Gasteiger partial charge in [-0.25, -0.2) is 0 Å². The summed E-state index contributed by atoms with van der Waals surface area (Å²) in [7, 11) is 2.19. The van der Waals surface area contributed by atoms with Crippen LogP contribution in [0.2, 0.25) is 0 Å². The maximum absolute atomic E-state index is 5.55. The Labute approximate surface area is 74.3 Å². The van der Waals surface area contributed by atoms with Gasteiger partial charge in [-0.15, -0.1) is 0 Å². The number of nitrogens with zero attached hydrogens (tertiary/aromatic N) is 1. The third-order valence-electron chi connectivity index (χ3n) is 2.55. The standard InChI is InChI=1S/C9H19NO.FH/c1-4-11-8(2)9-6-5-7-10(9)3;/h8-9H,4-7H2,1-3H3;1H/t8-,9-;/m0./s1. The molecule has 0 saturated carbocycles. The van der Waals surface area contributed by atoms with Crippen molar-refractivity contribution in [2.24, 2.45) is 0 Å². The van der Waals surface area contributed by atoms with Gasteiger partial charge >= 0.3 is 0 Å². The smallest absolute Gasteiger partial charge is 0.0701 e. The Morgan fingerprint density at radius 2 is 2.25 bits per heavy atom. The minimum Gasteiger partial charge on any atom is -0.377 e. The van der Waals surface area contributed by atoms with Crippen molar-refractivity contribution in [3.8, 4) is 0 Å². The molecule has 0 amide bonds. The van der Waals surface area contributed by atoms with Crippen LogP contribution in [0.25, 0.3) is 0 Å². The summed E-state index contributed by atoms with van der Waals surface area (Å²) in [5.74, 6) is 0. The van der Waals surface area contributed by atoms with E-state index in [1.165, 1.54) is 19.4 Å². The van der Waals surface area contributed by atoms with E-state index >= 15 is 0 Å². The number of likely N-dealkylation sites (tertiary alicyclic amines) is 1. The van der Waals surface area contributed by atoms with Gasteiger partial charge in [0.2, 0.25) is 0 Å². The highest BCUT2D eigenvalue weighted by molar-refractivity contribution is 4.81. The molecule has 0 aromatic carbocycles. The lowest BCUT2D eigenvalue weighted by atomic mass is 10.1.